The van der Waals surface area contributed by atoms with Crippen LogP contribution in [0.5, 0.6) is 5.75 Å². The molecule has 0 aliphatic carbocycles. The van der Waals surface area contributed by atoms with Crippen LogP contribution >= 0.6 is 11.8 Å². The lowest BCUT2D eigenvalue weighted by Gasteiger charge is -2.17. The Bertz CT molecular complexity index is 912. The number of hydrogen-bond acceptors (Lipinski definition) is 4. The summed E-state index contributed by atoms with van der Waals surface area (Å²) in [5.41, 5.74) is 2.91. The highest BCUT2D eigenvalue weighted by molar-refractivity contribution is 8.04. The van der Waals surface area contributed by atoms with E-state index < -0.39 is 0 Å². The lowest BCUT2D eigenvalue weighted by atomic mass is 10.0. The molecule has 28 heavy (non-hydrogen) atoms. The number of anilines is 1. The SMILES string of the molecule is Cc1ccc(C2=C(SC(C)C)C(=O)N(c3ccc(OC(C)C)cc3)C2=O)cc1. The first-order valence-corrected chi connectivity index (χ1v) is 10.3. The smallest absolute Gasteiger partial charge is 0.272 e. The zero-order chi connectivity index (χ0) is 20.4. The number of aryl methyl sites for hydroxylation is 1. The van der Waals surface area contributed by atoms with E-state index >= 15 is 0 Å². The van der Waals surface area contributed by atoms with E-state index in [-0.39, 0.29) is 23.2 Å². The Morgan fingerprint density at radius 3 is 2.00 bits per heavy atom. The molecule has 0 unspecified atom stereocenters. The molecular weight excluding hydrogens is 370 g/mol. The number of benzene rings is 2. The Morgan fingerprint density at radius 1 is 0.857 bits per heavy atom. The molecule has 4 nitrogen and oxygen atoms in total. The Hall–Kier alpha value is -2.53. The van der Waals surface area contributed by atoms with Crippen molar-refractivity contribution < 1.29 is 14.3 Å². The highest BCUT2D eigenvalue weighted by atomic mass is 32.2. The largest absolute Gasteiger partial charge is 0.491 e. The minimum absolute atomic E-state index is 0.0600. The Balaban J connectivity index is 1.99. The molecule has 0 fully saturated rings. The zero-order valence-electron chi connectivity index (χ0n) is 16.9. The van der Waals surface area contributed by atoms with Crippen LogP contribution in [0.2, 0.25) is 0 Å². The summed E-state index contributed by atoms with van der Waals surface area (Å²) in [7, 11) is 0. The third kappa shape index (κ3) is 4.14. The van der Waals surface area contributed by atoms with Gasteiger partial charge in [0.1, 0.15) is 5.75 Å². The van der Waals surface area contributed by atoms with Crippen LogP contribution in [0, 0.1) is 6.92 Å². The fraction of sp³-hybridized carbons (Fsp3) is 0.304. The van der Waals surface area contributed by atoms with E-state index in [1.807, 2.05) is 58.9 Å². The number of carbonyl (C=O) groups excluding carboxylic acids is 2. The van der Waals surface area contributed by atoms with Crippen LogP contribution in [0.3, 0.4) is 0 Å². The number of nitrogens with zero attached hydrogens (tertiary/aromatic N) is 1. The van der Waals surface area contributed by atoms with Crippen molar-refractivity contribution in [3.8, 4) is 5.75 Å². The summed E-state index contributed by atoms with van der Waals surface area (Å²) < 4.78 is 5.66. The molecule has 0 saturated carbocycles. The number of thioether (sulfide) groups is 1. The summed E-state index contributed by atoms with van der Waals surface area (Å²) in [5.74, 6) is 0.160. The lowest BCUT2D eigenvalue weighted by Crippen LogP contribution is -2.31. The molecule has 1 heterocycles. The standard InChI is InChI=1S/C23H25NO3S/c1-14(2)27-19-12-10-18(11-13-19)24-22(25)20(17-8-6-16(5)7-9-17)21(23(24)26)28-15(3)4/h6-15H,1-5H3. The van der Waals surface area contributed by atoms with E-state index in [0.717, 1.165) is 11.1 Å². The van der Waals surface area contributed by atoms with Crippen LogP contribution in [0.1, 0.15) is 38.8 Å². The molecule has 0 spiro atoms. The predicted octanol–water partition coefficient (Wildman–Crippen LogP) is 5.21. The van der Waals surface area contributed by atoms with Gasteiger partial charge in [-0.05, 0) is 50.6 Å². The normalized spacial score (nSPS) is 14.6. The van der Waals surface area contributed by atoms with E-state index in [2.05, 4.69) is 0 Å². The van der Waals surface area contributed by atoms with Gasteiger partial charge in [-0.15, -0.1) is 11.8 Å². The summed E-state index contributed by atoms with van der Waals surface area (Å²) >= 11 is 1.43. The first-order chi connectivity index (χ1) is 13.3. The minimum atomic E-state index is -0.283. The molecule has 0 radical (unpaired) electrons. The molecule has 1 aliphatic rings. The van der Waals surface area contributed by atoms with Gasteiger partial charge in [-0.2, -0.15) is 0 Å². The maximum absolute atomic E-state index is 13.3. The van der Waals surface area contributed by atoms with Crippen LogP contribution in [0.25, 0.3) is 5.57 Å². The van der Waals surface area contributed by atoms with E-state index in [4.69, 9.17) is 4.74 Å². The van der Waals surface area contributed by atoms with Gasteiger partial charge >= 0.3 is 0 Å². The van der Waals surface area contributed by atoms with Gasteiger partial charge in [-0.1, -0.05) is 43.7 Å². The van der Waals surface area contributed by atoms with Gasteiger partial charge < -0.3 is 4.74 Å². The molecule has 3 rings (SSSR count). The third-order valence-corrected chi connectivity index (χ3v) is 5.29. The molecule has 2 amide bonds. The number of hydrogen-bond donors (Lipinski definition) is 0. The van der Waals surface area contributed by atoms with Crippen molar-refractivity contribution in [2.75, 3.05) is 4.90 Å². The summed E-state index contributed by atoms with van der Waals surface area (Å²) in [5, 5.41) is 0.189. The second kappa shape index (κ2) is 8.23. The van der Waals surface area contributed by atoms with E-state index in [1.54, 1.807) is 24.3 Å². The first kappa shape index (κ1) is 20.2. The van der Waals surface area contributed by atoms with Gasteiger partial charge in [-0.3, -0.25) is 9.59 Å². The number of carbonyl (C=O) groups is 2. The van der Waals surface area contributed by atoms with Crippen molar-refractivity contribution in [3.63, 3.8) is 0 Å². The first-order valence-electron chi connectivity index (χ1n) is 9.41. The van der Waals surface area contributed by atoms with Crippen molar-refractivity contribution in [2.45, 2.75) is 46.0 Å². The summed E-state index contributed by atoms with van der Waals surface area (Å²) in [4.78, 5) is 28.2. The molecule has 0 N–H and O–H groups in total. The van der Waals surface area contributed by atoms with Crippen molar-refractivity contribution >= 4 is 34.8 Å². The van der Waals surface area contributed by atoms with Crippen LogP contribution in [-0.4, -0.2) is 23.2 Å². The number of rotatable bonds is 6. The van der Waals surface area contributed by atoms with Gasteiger partial charge in [-0.25, -0.2) is 4.90 Å². The summed E-state index contributed by atoms with van der Waals surface area (Å²) in [6.07, 6.45) is 0.0600. The monoisotopic (exact) mass is 395 g/mol. The average molecular weight is 396 g/mol. The van der Waals surface area contributed by atoms with E-state index in [0.29, 0.717) is 21.9 Å². The minimum Gasteiger partial charge on any atom is -0.491 e. The van der Waals surface area contributed by atoms with Crippen molar-refractivity contribution in [2.24, 2.45) is 0 Å². The third-order valence-electron chi connectivity index (χ3n) is 4.20. The molecule has 0 aromatic heterocycles. The summed E-state index contributed by atoms with van der Waals surface area (Å²) in [6.45, 7) is 9.94. The fourth-order valence-electron chi connectivity index (χ4n) is 3.01. The number of imide groups is 1. The molecule has 146 valence electrons. The topological polar surface area (TPSA) is 46.6 Å². The van der Waals surface area contributed by atoms with Crippen LogP contribution < -0.4 is 9.64 Å². The van der Waals surface area contributed by atoms with E-state index in [9.17, 15) is 9.59 Å². The molecule has 0 bridgehead atoms. The highest BCUT2D eigenvalue weighted by Gasteiger charge is 2.40. The Kier molecular flexibility index (Phi) is 5.94. The van der Waals surface area contributed by atoms with Gasteiger partial charge in [0, 0.05) is 5.25 Å². The molecule has 2 aromatic carbocycles. The van der Waals surface area contributed by atoms with Crippen molar-refractivity contribution in [1.29, 1.82) is 0 Å². The number of ether oxygens (including phenoxy) is 1. The average Bonchev–Trinajstić information content (AvgIpc) is 2.86. The van der Waals surface area contributed by atoms with Gasteiger partial charge in [0.05, 0.1) is 22.3 Å². The van der Waals surface area contributed by atoms with Crippen LogP contribution in [-0.2, 0) is 9.59 Å². The molecule has 5 heteroatoms. The molecule has 2 aromatic rings. The maximum atomic E-state index is 13.3. The Labute approximate surface area is 170 Å². The molecule has 0 atom stereocenters. The van der Waals surface area contributed by atoms with Gasteiger partial charge in [0.15, 0.2) is 0 Å². The zero-order valence-corrected chi connectivity index (χ0v) is 17.7. The maximum Gasteiger partial charge on any atom is 0.272 e. The van der Waals surface area contributed by atoms with Crippen LogP contribution in [0.15, 0.2) is 53.4 Å². The van der Waals surface area contributed by atoms with Crippen LogP contribution in [0.4, 0.5) is 5.69 Å². The lowest BCUT2D eigenvalue weighted by molar-refractivity contribution is -0.119. The number of amides is 2. The predicted molar refractivity (Wildman–Crippen MR) is 116 cm³/mol. The van der Waals surface area contributed by atoms with Gasteiger partial charge in [0.2, 0.25) is 0 Å². The second-order valence-electron chi connectivity index (χ2n) is 7.34. The van der Waals surface area contributed by atoms with Crippen molar-refractivity contribution in [1.82, 2.24) is 0 Å². The molecule has 1 aliphatic heterocycles. The fourth-order valence-corrected chi connectivity index (χ4v) is 4.00. The highest BCUT2D eigenvalue weighted by Crippen LogP contribution is 2.40. The summed E-state index contributed by atoms with van der Waals surface area (Å²) in [6, 6.07) is 14.8. The Morgan fingerprint density at radius 2 is 1.46 bits per heavy atom. The second-order valence-corrected chi connectivity index (χ2v) is 8.93. The molecule has 0 saturated heterocycles. The van der Waals surface area contributed by atoms with Crippen molar-refractivity contribution in [3.05, 3.63) is 64.6 Å². The van der Waals surface area contributed by atoms with E-state index in [1.165, 1.54) is 16.7 Å². The molecular formula is C23H25NO3S. The van der Waals surface area contributed by atoms with Gasteiger partial charge in [0.25, 0.3) is 11.8 Å². The quantitative estimate of drug-likeness (QED) is 0.630.